The third-order valence-corrected chi connectivity index (χ3v) is 4.95. The first-order valence-electron chi connectivity index (χ1n) is 7.77. The molecule has 0 aliphatic heterocycles. The fourth-order valence-electron chi connectivity index (χ4n) is 3.15. The number of aliphatic carboxylic acids is 1. The Hall–Kier alpha value is -1.06. The molecular formula is C16H28O4. The van der Waals surface area contributed by atoms with Crippen LogP contribution in [0.4, 0.5) is 0 Å². The lowest BCUT2D eigenvalue weighted by Gasteiger charge is -2.38. The van der Waals surface area contributed by atoms with Crippen LogP contribution >= 0.6 is 0 Å². The van der Waals surface area contributed by atoms with Crippen molar-refractivity contribution in [2.75, 3.05) is 0 Å². The topological polar surface area (TPSA) is 63.6 Å². The zero-order valence-electron chi connectivity index (χ0n) is 13.2. The summed E-state index contributed by atoms with van der Waals surface area (Å²) in [5, 5.41) is 9.40. The van der Waals surface area contributed by atoms with Gasteiger partial charge in [-0.2, -0.15) is 0 Å². The smallest absolute Gasteiger partial charge is 0.323 e. The Kier molecular flexibility index (Phi) is 5.60. The van der Waals surface area contributed by atoms with Gasteiger partial charge in [-0.15, -0.1) is 0 Å². The summed E-state index contributed by atoms with van der Waals surface area (Å²) in [4.78, 5) is 23.9. The number of hydrogen-bond acceptors (Lipinski definition) is 3. The largest absolute Gasteiger partial charge is 0.480 e. The van der Waals surface area contributed by atoms with Gasteiger partial charge in [0.2, 0.25) is 0 Å². The summed E-state index contributed by atoms with van der Waals surface area (Å²) < 4.78 is 5.67. The van der Waals surface area contributed by atoms with Gasteiger partial charge in [-0.3, -0.25) is 9.59 Å². The van der Waals surface area contributed by atoms with E-state index in [1.54, 1.807) is 13.8 Å². The molecule has 0 aromatic heterocycles. The Morgan fingerprint density at radius 1 is 1.10 bits per heavy atom. The number of carboxylic acid groups (broad SMARTS) is 1. The van der Waals surface area contributed by atoms with Crippen molar-refractivity contribution >= 4 is 11.9 Å². The summed E-state index contributed by atoms with van der Waals surface area (Å²) >= 11 is 0. The van der Waals surface area contributed by atoms with Crippen molar-refractivity contribution in [2.24, 2.45) is 11.3 Å². The van der Waals surface area contributed by atoms with Crippen LogP contribution in [0.1, 0.15) is 72.6 Å². The summed E-state index contributed by atoms with van der Waals surface area (Å²) in [6.07, 6.45) is 6.20. The summed E-state index contributed by atoms with van der Waals surface area (Å²) in [6, 6.07) is 0. The molecule has 4 heteroatoms. The van der Waals surface area contributed by atoms with Crippen LogP contribution in [0.5, 0.6) is 0 Å². The third kappa shape index (κ3) is 3.33. The molecule has 0 spiro atoms. The van der Waals surface area contributed by atoms with E-state index in [1.807, 2.05) is 13.8 Å². The quantitative estimate of drug-likeness (QED) is 0.595. The Morgan fingerprint density at radius 3 is 2.00 bits per heavy atom. The number of carbonyl (C=O) groups excluding carboxylic acids is 1. The summed E-state index contributed by atoms with van der Waals surface area (Å²) in [5.74, 6) is -1.32. The van der Waals surface area contributed by atoms with Gasteiger partial charge in [-0.1, -0.05) is 33.1 Å². The first-order chi connectivity index (χ1) is 9.30. The Labute approximate surface area is 121 Å². The molecule has 0 aromatic carbocycles. The molecule has 0 aromatic rings. The number of hydrogen-bond donors (Lipinski definition) is 1. The predicted octanol–water partition coefficient (Wildman–Crippen LogP) is 3.78. The van der Waals surface area contributed by atoms with Crippen LogP contribution in [0.15, 0.2) is 0 Å². The zero-order chi connectivity index (χ0) is 15.4. The van der Waals surface area contributed by atoms with Crippen molar-refractivity contribution in [3.63, 3.8) is 0 Å². The van der Waals surface area contributed by atoms with E-state index in [-0.39, 0.29) is 12.8 Å². The van der Waals surface area contributed by atoms with Crippen LogP contribution in [0.25, 0.3) is 0 Å². The van der Waals surface area contributed by atoms with Crippen LogP contribution in [0, 0.1) is 11.3 Å². The van der Waals surface area contributed by atoms with Gasteiger partial charge in [-0.25, -0.2) is 0 Å². The first-order valence-corrected chi connectivity index (χ1v) is 7.77. The van der Waals surface area contributed by atoms with Crippen LogP contribution in [-0.2, 0) is 14.3 Å². The average Bonchev–Trinajstić information content (AvgIpc) is 2.41. The molecule has 0 heterocycles. The summed E-state index contributed by atoms with van der Waals surface area (Å²) in [5.41, 5.74) is -1.98. The van der Waals surface area contributed by atoms with Gasteiger partial charge < -0.3 is 9.84 Å². The Balaban J connectivity index is 2.83. The Bertz CT molecular complexity index is 349. The molecule has 116 valence electrons. The van der Waals surface area contributed by atoms with Gasteiger partial charge in [0.15, 0.2) is 5.41 Å². The van der Waals surface area contributed by atoms with Gasteiger partial charge in [-0.05, 0) is 45.4 Å². The zero-order valence-corrected chi connectivity index (χ0v) is 13.2. The van der Waals surface area contributed by atoms with E-state index in [9.17, 15) is 14.7 Å². The second-order valence-electron chi connectivity index (χ2n) is 6.42. The molecule has 1 rings (SSSR count). The molecule has 0 atom stereocenters. The maximum absolute atomic E-state index is 12.4. The van der Waals surface area contributed by atoms with Crippen molar-refractivity contribution in [3.8, 4) is 0 Å². The lowest BCUT2D eigenvalue weighted by atomic mass is 9.78. The van der Waals surface area contributed by atoms with Crippen LogP contribution in [0.3, 0.4) is 0 Å². The maximum atomic E-state index is 12.4. The highest BCUT2D eigenvalue weighted by Crippen LogP contribution is 2.37. The number of ether oxygens (including phenoxy) is 1. The highest BCUT2D eigenvalue weighted by atomic mass is 16.6. The Morgan fingerprint density at radius 2 is 1.60 bits per heavy atom. The van der Waals surface area contributed by atoms with Gasteiger partial charge in [0.25, 0.3) is 0 Å². The minimum Gasteiger partial charge on any atom is -0.480 e. The molecule has 1 aliphatic carbocycles. The molecule has 0 amide bonds. The van der Waals surface area contributed by atoms with E-state index in [1.165, 1.54) is 6.42 Å². The van der Waals surface area contributed by atoms with Crippen LogP contribution in [0.2, 0.25) is 0 Å². The summed E-state index contributed by atoms with van der Waals surface area (Å²) in [6.45, 7) is 7.29. The SMILES string of the molecule is CCC(CC)(C(=O)O)C(=O)OC(C)(C)C1CCCCC1. The van der Waals surface area contributed by atoms with Gasteiger partial charge in [0, 0.05) is 0 Å². The second kappa shape index (κ2) is 6.59. The lowest BCUT2D eigenvalue weighted by Crippen LogP contribution is -2.46. The molecule has 1 N–H and O–H groups in total. The van der Waals surface area contributed by atoms with Crippen molar-refractivity contribution < 1.29 is 19.4 Å². The van der Waals surface area contributed by atoms with Gasteiger partial charge >= 0.3 is 11.9 Å². The number of esters is 1. The molecule has 20 heavy (non-hydrogen) atoms. The van der Waals surface area contributed by atoms with E-state index in [0.717, 1.165) is 25.7 Å². The fraction of sp³-hybridized carbons (Fsp3) is 0.875. The summed E-state index contributed by atoms with van der Waals surface area (Å²) in [7, 11) is 0. The molecule has 1 saturated carbocycles. The van der Waals surface area contributed by atoms with Crippen molar-refractivity contribution in [2.45, 2.75) is 78.2 Å². The molecule has 0 bridgehead atoms. The van der Waals surface area contributed by atoms with Crippen LogP contribution < -0.4 is 0 Å². The second-order valence-corrected chi connectivity index (χ2v) is 6.42. The third-order valence-electron chi connectivity index (χ3n) is 4.95. The highest BCUT2D eigenvalue weighted by molar-refractivity contribution is 5.99. The van der Waals surface area contributed by atoms with Crippen molar-refractivity contribution in [1.29, 1.82) is 0 Å². The maximum Gasteiger partial charge on any atom is 0.323 e. The molecule has 1 fully saturated rings. The predicted molar refractivity (Wildman–Crippen MR) is 77.4 cm³/mol. The normalized spacial score (nSPS) is 17.8. The molecular weight excluding hydrogens is 256 g/mol. The van der Waals surface area contributed by atoms with Crippen molar-refractivity contribution in [3.05, 3.63) is 0 Å². The standard InChI is InChI=1S/C16H28O4/c1-5-16(6-2,13(17)18)14(19)20-15(3,4)12-10-8-7-9-11-12/h12H,5-11H2,1-4H3,(H,17,18). The minimum atomic E-state index is -1.40. The lowest BCUT2D eigenvalue weighted by molar-refractivity contribution is -0.183. The highest BCUT2D eigenvalue weighted by Gasteiger charge is 2.47. The van der Waals surface area contributed by atoms with E-state index >= 15 is 0 Å². The molecule has 0 saturated heterocycles. The van der Waals surface area contributed by atoms with Gasteiger partial charge in [0.1, 0.15) is 5.60 Å². The van der Waals surface area contributed by atoms with E-state index in [2.05, 4.69) is 0 Å². The molecule has 0 unspecified atom stereocenters. The van der Waals surface area contributed by atoms with Crippen molar-refractivity contribution in [1.82, 2.24) is 0 Å². The van der Waals surface area contributed by atoms with Crippen LogP contribution in [-0.4, -0.2) is 22.6 Å². The van der Waals surface area contributed by atoms with E-state index in [0.29, 0.717) is 5.92 Å². The van der Waals surface area contributed by atoms with E-state index < -0.39 is 23.0 Å². The number of carboxylic acids is 1. The number of rotatable bonds is 6. The monoisotopic (exact) mass is 284 g/mol. The fourth-order valence-corrected chi connectivity index (χ4v) is 3.15. The van der Waals surface area contributed by atoms with E-state index in [4.69, 9.17) is 4.74 Å². The first kappa shape index (κ1) is 17.0. The van der Waals surface area contributed by atoms with Gasteiger partial charge in [0.05, 0.1) is 0 Å². The number of carbonyl (C=O) groups is 2. The average molecular weight is 284 g/mol. The molecule has 1 aliphatic rings. The minimum absolute atomic E-state index is 0.262. The molecule has 4 nitrogen and oxygen atoms in total. The molecule has 0 radical (unpaired) electrons.